The number of rotatable bonds is 4. The molecule has 1 rings (SSSR count). The fourth-order valence-electron chi connectivity index (χ4n) is 1.08. The van der Waals surface area contributed by atoms with E-state index >= 15 is 0 Å². The molecule has 0 radical (unpaired) electrons. The van der Waals surface area contributed by atoms with Gasteiger partial charge in [-0.15, -0.1) is 0 Å². The van der Waals surface area contributed by atoms with Crippen molar-refractivity contribution in [1.82, 2.24) is 5.32 Å². The SMILES string of the molecule is NC(=O)CNC(=O)c1ccc([As](=O)(O)O)cc1. The molecule has 0 heterocycles. The molecule has 0 aliphatic heterocycles. The van der Waals surface area contributed by atoms with Crippen LogP contribution in [0.1, 0.15) is 10.4 Å². The number of hydrogen-bond acceptors (Lipinski definition) is 3. The molecule has 0 unspecified atom stereocenters. The van der Waals surface area contributed by atoms with Gasteiger partial charge in [-0.2, -0.15) is 0 Å². The van der Waals surface area contributed by atoms with E-state index in [1.807, 2.05) is 0 Å². The summed E-state index contributed by atoms with van der Waals surface area (Å²) in [6.07, 6.45) is 0. The number of amides is 2. The first kappa shape index (κ1) is 13.5. The van der Waals surface area contributed by atoms with Crippen LogP contribution in [0, 0.1) is 0 Å². The molecule has 0 saturated carbocycles. The van der Waals surface area contributed by atoms with Crippen LogP contribution in [0.3, 0.4) is 0 Å². The Morgan fingerprint density at radius 3 is 2.18 bits per heavy atom. The van der Waals surface area contributed by atoms with Crippen LogP contribution in [0.25, 0.3) is 0 Å². The van der Waals surface area contributed by atoms with Crippen molar-refractivity contribution in [1.29, 1.82) is 0 Å². The Hall–Kier alpha value is -1.56. The number of nitrogens with one attached hydrogen (secondary N) is 1. The van der Waals surface area contributed by atoms with Crippen molar-refractivity contribution in [2.75, 3.05) is 6.54 Å². The van der Waals surface area contributed by atoms with Crippen molar-refractivity contribution in [3.8, 4) is 0 Å². The van der Waals surface area contributed by atoms with Gasteiger partial charge in [0.25, 0.3) is 0 Å². The number of primary amides is 1. The molecule has 1 aromatic rings. The predicted molar refractivity (Wildman–Crippen MR) is 58.5 cm³/mol. The minimum atomic E-state index is -4.91. The summed E-state index contributed by atoms with van der Waals surface area (Å²) in [6.45, 7) is -0.289. The first-order valence-corrected chi connectivity index (χ1v) is 7.91. The van der Waals surface area contributed by atoms with Crippen LogP contribution in [0.5, 0.6) is 0 Å². The zero-order chi connectivity index (χ0) is 13.1. The number of hydrogen-bond donors (Lipinski definition) is 4. The summed E-state index contributed by atoms with van der Waals surface area (Å²) in [6, 6.07) is 4.90. The molecule has 7 nitrogen and oxygen atoms in total. The molecule has 2 amide bonds. The molecule has 0 aliphatic carbocycles. The van der Waals surface area contributed by atoms with Crippen molar-refractivity contribution in [3.63, 3.8) is 0 Å². The summed E-state index contributed by atoms with van der Waals surface area (Å²) in [7, 11) is 0. The summed E-state index contributed by atoms with van der Waals surface area (Å²) < 4.78 is 28.6. The Labute approximate surface area is 99.6 Å². The fourth-order valence-corrected chi connectivity index (χ4v) is 2.20. The molecule has 17 heavy (non-hydrogen) atoms. The predicted octanol–water partition coefficient (Wildman–Crippen LogP) is -2.54. The molecule has 92 valence electrons. The van der Waals surface area contributed by atoms with Crippen LogP contribution >= 0.6 is 0 Å². The van der Waals surface area contributed by atoms with Crippen molar-refractivity contribution >= 4 is 30.3 Å². The van der Waals surface area contributed by atoms with Crippen molar-refractivity contribution < 1.29 is 21.5 Å². The summed E-state index contributed by atoms with van der Waals surface area (Å²) in [4.78, 5) is 21.8. The van der Waals surface area contributed by atoms with Crippen LogP contribution in [-0.2, 0) is 8.53 Å². The zero-order valence-electron chi connectivity index (χ0n) is 8.66. The van der Waals surface area contributed by atoms with E-state index in [2.05, 4.69) is 5.32 Å². The average molecular weight is 302 g/mol. The van der Waals surface area contributed by atoms with E-state index < -0.39 is 26.0 Å². The molecule has 0 spiro atoms. The topological polar surface area (TPSA) is 130 Å². The standard InChI is InChI=1S/C9H11AsN2O5/c11-8(13)5-12-9(14)6-1-3-7(4-2-6)10(15,16)17/h1-4H,5H2,(H2,11,13)(H,12,14)(H2,15,16,17). The summed E-state index contributed by atoms with van der Waals surface area (Å²) in [5.41, 5.74) is 5.04. The number of carbonyl (C=O) groups excluding carboxylic acids is 2. The second kappa shape index (κ2) is 5.18. The molecule has 8 heteroatoms. The summed E-state index contributed by atoms with van der Waals surface area (Å²) >= 11 is -4.91. The van der Waals surface area contributed by atoms with Gasteiger partial charge in [-0.25, -0.2) is 0 Å². The summed E-state index contributed by atoms with van der Waals surface area (Å²) in [5.74, 6) is -1.21. The van der Waals surface area contributed by atoms with Crippen LogP contribution in [-0.4, -0.2) is 40.7 Å². The fraction of sp³-hybridized carbons (Fsp3) is 0.111. The van der Waals surface area contributed by atoms with E-state index in [4.69, 9.17) is 13.9 Å². The van der Waals surface area contributed by atoms with Gasteiger partial charge in [0.05, 0.1) is 0 Å². The molecule has 0 aliphatic rings. The Morgan fingerprint density at radius 2 is 1.76 bits per heavy atom. The minimum absolute atomic E-state index is 0.116. The molecule has 0 fully saturated rings. The molecular weight excluding hydrogens is 291 g/mol. The van der Waals surface area contributed by atoms with Crippen molar-refractivity contribution in [2.24, 2.45) is 5.73 Å². The Balaban J connectivity index is 2.78. The van der Waals surface area contributed by atoms with Gasteiger partial charge in [0.2, 0.25) is 0 Å². The van der Waals surface area contributed by atoms with Crippen LogP contribution in [0.4, 0.5) is 0 Å². The molecule has 0 aromatic heterocycles. The second-order valence-corrected chi connectivity index (χ2v) is 6.61. The van der Waals surface area contributed by atoms with E-state index in [-0.39, 0.29) is 16.5 Å². The average Bonchev–Trinajstić information content (AvgIpc) is 2.25. The van der Waals surface area contributed by atoms with E-state index in [1.54, 1.807) is 0 Å². The number of benzene rings is 1. The van der Waals surface area contributed by atoms with Crippen molar-refractivity contribution in [3.05, 3.63) is 29.8 Å². The number of nitrogens with two attached hydrogens (primary N) is 1. The van der Waals surface area contributed by atoms with Gasteiger partial charge in [-0.1, -0.05) is 0 Å². The third-order valence-corrected chi connectivity index (χ3v) is 3.93. The van der Waals surface area contributed by atoms with Gasteiger partial charge in [0, 0.05) is 0 Å². The Morgan fingerprint density at radius 1 is 1.24 bits per heavy atom. The molecule has 0 atom stereocenters. The molecule has 0 bridgehead atoms. The summed E-state index contributed by atoms with van der Waals surface area (Å²) in [5, 5.41) is 2.25. The molecule has 1 aromatic carbocycles. The Kier molecular flexibility index (Phi) is 4.11. The van der Waals surface area contributed by atoms with Gasteiger partial charge in [-0.3, -0.25) is 0 Å². The van der Waals surface area contributed by atoms with Gasteiger partial charge in [0.15, 0.2) is 0 Å². The first-order valence-electron chi connectivity index (χ1n) is 4.53. The maximum atomic E-state index is 11.4. The van der Waals surface area contributed by atoms with Gasteiger partial charge < -0.3 is 0 Å². The van der Waals surface area contributed by atoms with E-state index in [9.17, 15) is 13.3 Å². The van der Waals surface area contributed by atoms with E-state index in [0.29, 0.717) is 0 Å². The number of carbonyl (C=O) groups is 2. The van der Waals surface area contributed by atoms with E-state index in [1.165, 1.54) is 24.3 Å². The van der Waals surface area contributed by atoms with Crippen molar-refractivity contribution in [2.45, 2.75) is 0 Å². The Bertz CT molecular complexity index is 479. The first-order chi connectivity index (χ1) is 7.80. The quantitative estimate of drug-likeness (QED) is 0.455. The van der Waals surface area contributed by atoms with Gasteiger partial charge in [-0.05, 0) is 0 Å². The van der Waals surface area contributed by atoms with Crippen LogP contribution < -0.4 is 15.4 Å². The van der Waals surface area contributed by atoms with Gasteiger partial charge >= 0.3 is 99.3 Å². The zero-order valence-corrected chi connectivity index (χ0v) is 10.5. The third kappa shape index (κ3) is 4.07. The van der Waals surface area contributed by atoms with Crippen LogP contribution in [0.15, 0.2) is 24.3 Å². The van der Waals surface area contributed by atoms with Gasteiger partial charge in [0.1, 0.15) is 0 Å². The molecule has 0 saturated heterocycles. The normalized spacial score (nSPS) is 10.9. The third-order valence-electron chi connectivity index (χ3n) is 1.89. The van der Waals surface area contributed by atoms with E-state index in [0.717, 1.165) is 0 Å². The monoisotopic (exact) mass is 302 g/mol. The second-order valence-electron chi connectivity index (χ2n) is 3.24. The maximum absolute atomic E-state index is 11.4. The molecule has 5 N–H and O–H groups in total. The molecular formula is C9H11AsN2O5. The van der Waals surface area contributed by atoms with Crippen LogP contribution in [0.2, 0.25) is 0 Å².